The number of hydrogen-bond donors (Lipinski definition) is 1. The molecule has 0 fully saturated rings. The topological polar surface area (TPSA) is 52.9 Å². The molecule has 96 valence electrons. The average molecular weight is 244 g/mol. The molecule has 1 rings (SSSR count). The van der Waals surface area contributed by atoms with Gasteiger partial charge < -0.3 is 5.32 Å². The fraction of sp³-hybridized carbons (Fsp3) is 0.467. The summed E-state index contributed by atoms with van der Waals surface area (Å²) in [6, 6.07) is 10.0. The van der Waals surface area contributed by atoms with Gasteiger partial charge in [-0.05, 0) is 25.3 Å². The molecule has 18 heavy (non-hydrogen) atoms. The van der Waals surface area contributed by atoms with E-state index in [1.54, 1.807) is 0 Å². The van der Waals surface area contributed by atoms with Crippen LogP contribution >= 0.6 is 0 Å². The number of aryl methyl sites for hydroxylation is 1. The number of benzene rings is 1. The van der Waals surface area contributed by atoms with E-state index in [1.165, 1.54) is 5.56 Å². The Labute approximate surface area is 109 Å². The molecule has 0 radical (unpaired) electrons. The van der Waals surface area contributed by atoms with E-state index in [9.17, 15) is 4.79 Å². The molecule has 3 heteroatoms. The third-order valence-electron chi connectivity index (χ3n) is 3.02. The fourth-order valence-corrected chi connectivity index (χ4v) is 1.75. The normalized spacial score (nSPS) is 13.8. The van der Waals surface area contributed by atoms with Gasteiger partial charge in [0.1, 0.15) is 5.92 Å². The number of amides is 1. The van der Waals surface area contributed by atoms with Crippen molar-refractivity contribution in [2.24, 2.45) is 11.8 Å². The fourth-order valence-electron chi connectivity index (χ4n) is 1.75. The lowest BCUT2D eigenvalue weighted by molar-refractivity contribution is -0.125. The Morgan fingerprint density at radius 1 is 1.22 bits per heavy atom. The van der Waals surface area contributed by atoms with Crippen LogP contribution in [0.5, 0.6) is 0 Å². The lowest BCUT2D eigenvalue weighted by atomic mass is 9.96. The zero-order chi connectivity index (χ0) is 13.7. The van der Waals surface area contributed by atoms with Gasteiger partial charge in [0.25, 0.3) is 0 Å². The van der Waals surface area contributed by atoms with Gasteiger partial charge in [0.15, 0.2) is 0 Å². The van der Waals surface area contributed by atoms with Gasteiger partial charge >= 0.3 is 0 Å². The monoisotopic (exact) mass is 244 g/mol. The SMILES string of the molecule is Cc1ccc(C(C)NC(=O)C(C#N)C(C)C)cc1. The minimum absolute atomic E-state index is 0.0280. The highest BCUT2D eigenvalue weighted by Gasteiger charge is 2.23. The predicted molar refractivity (Wildman–Crippen MR) is 71.7 cm³/mol. The second-order valence-electron chi connectivity index (χ2n) is 4.99. The van der Waals surface area contributed by atoms with Crippen LogP contribution in [0, 0.1) is 30.1 Å². The highest BCUT2D eigenvalue weighted by atomic mass is 16.1. The molecule has 1 aromatic carbocycles. The van der Waals surface area contributed by atoms with E-state index >= 15 is 0 Å². The first-order valence-electron chi connectivity index (χ1n) is 6.22. The molecule has 0 aromatic heterocycles. The zero-order valence-electron chi connectivity index (χ0n) is 11.4. The number of rotatable bonds is 4. The number of carbonyl (C=O) groups is 1. The van der Waals surface area contributed by atoms with Crippen LogP contribution in [-0.4, -0.2) is 5.91 Å². The summed E-state index contributed by atoms with van der Waals surface area (Å²) in [7, 11) is 0. The summed E-state index contributed by atoms with van der Waals surface area (Å²) in [5, 5.41) is 11.9. The van der Waals surface area contributed by atoms with Crippen molar-refractivity contribution in [1.82, 2.24) is 5.32 Å². The number of hydrogen-bond acceptors (Lipinski definition) is 2. The van der Waals surface area contributed by atoms with Crippen LogP contribution in [0.4, 0.5) is 0 Å². The highest BCUT2D eigenvalue weighted by molar-refractivity contribution is 5.81. The van der Waals surface area contributed by atoms with Gasteiger partial charge in [0, 0.05) is 0 Å². The standard InChI is InChI=1S/C15H20N2O/c1-10(2)14(9-16)15(18)17-12(4)13-7-5-11(3)6-8-13/h5-8,10,12,14H,1-4H3,(H,17,18). The quantitative estimate of drug-likeness (QED) is 0.885. The van der Waals surface area contributed by atoms with Crippen LogP contribution in [0.2, 0.25) is 0 Å². The molecule has 0 spiro atoms. The van der Waals surface area contributed by atoms with E-state index in [0.29, 0.717) is 0 Å². The Hall–Kier alpha value is -1.82. The maximum absolute atomic E-state index is 11.9. The second kappa shape index (κ2) is 6.20. The largest absolute Gasteiger partial charge is 0.348 e. The minimum Gasteiger partial charge on any atom is -0.348 e. The molecular weight excluding hydrogens is 224 g/mol. The van der Waals surface area contributed by atoms with Crippen LogP contribution in [0.15, 0.2) is 24.3 Å². The van der Waals surface area contributed by atoms with Crippen molar-refractivity contribution in [3.05, 3.63) is 35.4 Å². The van der Waals surface area contributed by atoms with Crippen molar-refractivity contribution in [3.8, 4) is 6.07 Å². The van der Waals surface area contributed by atoms with E-state index in [1.807, 2.05) is 52.0 Å². The number of nitriles is 1. The van der Waals surface area contributed by atoms with E-state index in [0.717, 1.165) is 5.56 Å². The summed E-state index contributed by atoms with van der Waals surface area (Å²) >= 11 is 0. The maximum atomic E-state index is 11.9. The van der Waals surface area contributed by atoms with Gasteiger partial charge in [-0.2, -0.15) is 5.26 Å². The summed E-state index contributed by atoms with van der Waals surface area (Å²) in [6.07, 6.45) is 0. The van der Waals surface area contributed by atoms with Crippen molar-refractivity contribution in [3.63, 3.8) is 0 Å². The molecule has 0 aliphatic rings. The molecule has 1 aromatic rings. The van der Waals surface area contributed by atoms with E-state index in [4.69, 9.17) is 5.26 Å². The molecule has 0 aliphatic heterocycles. The van der Waals surface area contributed by atoms with Crippen LogP contribution in [0.3, 0.4) is 0 Å². The van der Waals surface area contributed by atoms with E-state index in [-0.39, 0.29) is 17.9 Å². The molecule has 0 saturated heterocycles. The molecule has 0 saturated carbocycles. The third-order valence-corrected chi connectivity index (χ3v) is 3.02. The summed E-state index contributed by atoms with van der Waals surface area (Å²) in [5.74, 6) is -0.751. The Bertz CT molecular complexity index is 443. The van der Waals surface area contributed by atoms with Crippen LogP contribution in [0.1, 0.15) is 37.9 Å². The van der Waals surface area contributed by atoms with Gasteiger partial charge in [-0.3, -0.25) is 4.79 Å². The average Bonchev–Trinajstić information content (AvgIpc) is 2.29. The molecular formula is C15H20N2O. The number of carbonyl (C=O) groups excluding carboxylic acids is 1. The Morgan fingerprint density at radius 2 is 1.78 bits per heavy atom. The van der Waals surface area contributed by atoms with Gasteiger partial charge in [0.05, 0.1) is 12.1 Å². The predicted octanol–water partition coefficient (Wildman–Crippen LogP) is 2.97. The first-order valence-corrected chi connectivity index (χ1v) is 6.22. The summed E-state index contributed by atoms with van der Waals surface area (Å²) in [5.41, 5.74) is 2.24. The van der Waals surface area contributed by atoms with Gasteiger partial charge in [-0.15, -0.1) is 0 Å². The number of nitrogens with one attached hydrogen (secondary N) is 1. The molecule has 1 N–H and O–H groups in total. The molecule has 0 bridgehead atoms. The lowest BCUT2D eigenvalue weighted by Crippen LogP contribution is -2.34. The van der Waals surface area contributed by atoms with Crippen LogP contribution < -0.4 is 5.32 Å². The van der Waals surface area contributed by atoms with Crippen molar-refractivity contribution in [1.29, 1.82) is 5.26 Å². The van der Waals surface area contributed by atoms with Crippen molar-refractivity contribution < 1.29 is 4.79 Å². The second-order valence-corrected chi connectivity index (χ2v) is 4.99. The molecule has 1 amide bonds. The van der Waals surface area contributed by atoms with Crippen molar-refractivity contribution >= 4 is 5.91 Å². The zero-order valence-corrected chi connectivity index (χ0v) is 11.4. The third kappa shape index (κ3) is 3.59. The highest BCUT2D eigenvalue weighted by Crippen LogP contribution is 2.16. The Balaban J connectivity index is 2.70. The number of nitrogens with zero attached hydrogens (tertiary/aromatic N) is 1. The van der Waals surface area contributed by atoms with Gasteiger partial charge in [-0.25, -0.2) is 0 Å². The van der Waals surface area contributed by atoms with Crippen LogP contribution in [0.25, 0.3) is 0 Å². The van der Waals surface area contributed by atoms with Gasteiger partial charge in [0.2, 0.25) is 5.91 Å². The van der Waals surface area contributed by atoms with Crippen LogP contribution in [-0.2, 0) is 4.79 Å². The van der Waals surface area contributed by atoms with Crippen molar-refractivity contribution in [2.45, 2.75) is 33.7 Å². The maximum Gasteiger partial charge on any atom is 0.238 e. The molecule has 2 unspecified atom stereocenters. The van der Waals surface area contributed by atoms with E-state index in [2.05, 4.69) is 11.4 Å². The lowest BCUT2D eigenvalue weighted by Gasteiger charge is -2.18. The minimum atomic E-state index is -0.585. The van der Waals surface area contributed by atoms with Crippen molar-refractivity contribution in [2.75, 3.05) is 0 Å². The first kappa shape index (κ1) is 14.2. The van der Waals surface area contributed by atoms with E-state index < -0.39 is 5.92 Å². The molecule has 0 heterocycles. The Morgan fingerprint density at radius 3 is 2.22 bits per heavy atom. The summed E-state index contributed by atoms with van der Waals surface area (Å²) in [6.45, 7) is 7.71. The summed E-state index contributed by atoms with van der Waals surface area (Å²) < 4.78 is 0. The molecule has 2 atom stereocenters. The van der Waals surface area contributed by atoms with Gasteiger partial charge in [-0.1, -0.05) is 43.7 Å². The smallest absolute Gasteiger partial charge is 0.238 e. The summed E-state index contributed by atoms with van der Waals surface area (Å²) in [4.78, 5) is 11.9. The molecule has 0 aliphatic carbocycles. The molecule has 3 nitrogen and oxygen atoms in total. The Kier molecular flexibility index (Phi) is 4.91. The first-order chi connectivity index (χ1) is 8.45.